The van der Waals surface area contributed by atoms with E-state index in [1.165, 1.54) is 4.31 Å². The Balaban J connectivity index is 1.42. The fourth-order valence-electron chi connectivity index (χ4n) is 3.84. The first-order valence-electron chi connectivity index (χ1n) is 10.0. The fourth-order valence-corrected chi connectivity index (χ4v) is 5.28. The fraction of sp³-hybridized carbons (Fsp3) is 0.227. The van der Waals surface area contributed by atoms with E-state index in [-0.39, 0.29) is 5.03 Å². The van der Waals surface area contributed by atoms with Crippen LogP contribution >= 0.6 is 0 Å². The van der Waals surface area contributed by atoms with Crippen molar-refractivity contribution in [3.63, 3.8) is 0 Å². The van der Waals surface area contributed by atoms with Crippen molar-refractivity contribution in [3.8, 4) is 0 Å². The van der Waals surface area contributed by atoms with Crippen molar-refractivity contribution < 1.29 is 8.42 Å². The number of nitrogens with one attached hydrogen (secondary N) is 1. The highest BCUT2D eigenvalue weighted by molar-refractivity contribution is 7.89. The van der Waals surface area contributed by atoms with Crippen LogP contribution in [-0.4, -0.2) is 38.8 Å². The summed E-state index contributed by atoms with van der Waals surface area (Å²) in [6, 6.07) is 11.8. The first-order chi connectivity index (χ1) is 14.9. The van der Waals surface area contributed by atoms with E-state index in [4.69, 9.17) is 0 Å². The Morgan fingerprint density at radius 3 is 2.77 bits per heavy atom. The number of hydrogen-bond acceptors (Lipinski definition) is 6. The van der Waals surface area contributed by atoms with Crippen molar-refractivity contribution in [3.05, 3.63) is 71.9 Å². The van der Waals surface area contributed by atoms with Crippen molar-refractivity contribution in [2.24, 2.45) is 7.05 Å². The summed E-state index contributed by atoms with van der Waals surface area (Å²) in [7, 11) is -1.86. The van der Waals surface area contributed by atoms with Crippen LogP contribution in [0.1, 0.15) is 17.0 Å². The van der Waals surface area contributed by atoms with Crippen molar-refractivity contribution in [2.75, 3.05) is 11.9 Å². The van der Waals surface area contributed by atoms with Crippen LogP contribution in [0.5, 0.6) is 0 Å². The average Bonchev–Trinajstić information content (AvgIpc) is 3.12. The van der Waals surface area contributed by atoms with Gasteiger partial charge in [0.2, 0.25) is 0 Å². The molecule has 1 N–H and O–H groups in total. The third-order valence-electron chi connectivity index (χ3n) is 5.65. The van der Waals surface area contributed by atoms with Gasteiger partial charge in [0.25, 0.3) is 10.0 Å². The number of rotatable bonds is 4. The molecule has 4 aromatic rings. The maximum atomic E-state index is 13.1. The highest BCUT2D eigenvalue weighted by Gasteiger charge is 2.31. The largest absolute Gasteiger partial charge is 0.339 e. The molecule has 5 rings (SSSR count). The quantitative estimate of drug-likeness (QED) is 0.530. The van der Waals surface area contributed by atoms with Gasteiger partial charge in [0, 0.05) is 43.5 Å². The molecule has 31 heavy (non-hydrogen) atoms. The highest BCUT2D eigenvalue weighted by atomic mass is 32.2. The van der Waals surface area contributed by atoms with Crippen LogP contribution in [0, 0.1) is 6.92 Å². The summed E-state index contributed by atoms with van der Waals surface area (Å²) in [5.41, 5.74) is 3.74. The second kappa shape index (κ2) is 7.44. The molecule has 0 spiro atoms. The van der Waals surface area contributed by atoms with Crippen molar-refractivity contribution in [2.45, 2.75) is 24.9 Å². The summed E-state index contributed by atoms with van der Waals surface area (Å²) >= 11 is 0. The van der Waals surface area contributed by atoms with Crippen LogP contribution in [0.4, 0.5) is 11.5 Å². The second-order valence-electron chi connectivity index (χ2n) is 7.66. The standard InChI is InChI=1S/C22H22N6O2S/c1-15-25-21(14-27(15)2)31(29,30)28-10-8-19-17(13-28)7-9-23-22(19)26-18-11-16-5-3-4-6-20(16)24-12-18/h3-7,9,11-12,14H,8,10,13H2,1-2H3,(H,23,26). The van der Waals surface area contributed by atoms with E-state index in [1.807, 2.05) is 36.4 Å². The van der Waals surface area contributed by atoms with Crippen LogP contribution in [0.25, 0.3) is 10.9 Å². The van der Waals surface area contributed by atoms with E-state index in [2.05, 4.69) is 20.3 Å². The number of nitrogens with zero attached hydrogens (tertiary/aromatic N) is 5. The predicted molar refractivity (Wildman–Crippen MR) is 119 cm³/mol. The molecule has 8 nitrogen and oxygen atoms in total. The molecule has 3 aromatic heterocycles. The monoisotopic (exact) mass is 434 g/mol. The van der Waals surface area contributed by atoms with Gasteiger partial charge in [0.1, 0.15) is 11.6 Å². The van der Waals surface area contributed by atoms with Gasteiger partial charge in [-0.25, -0.2) is 18.4 Å². The van der Waals surface area contributed by atoms with Crippen molar-refractivity contribution in [1.29, 1.82) is 0 Å². The minimum absolute atomic E-state index is 0.0885. The molecule has 158 valence electrons. The normalized spacial score (nSPS) is 14.5. The number of para-hydroxylation sites is 1. The average molecular weight is 435 g/mol. The van der Waals surface area contributed by atoms with E-state index >= 15 is 0 Å². The van der Waals surface area contributed by atoms with E-state index in [9.17, 15) is 8.42 Å². The maximum Gasteiger partial charge on any atom is 0.262 e. The lowest BCUT2D eigenvalue weighted by molar-refractivity contribution is 0.389. The third kappa shape index (κ3) is 3.55. The number of sulfonamides is 1. The smallest absolute Gasteiger partial charge is 0.262 e. The van der Waals surface area contributed by atoms with Crippen molar-refractivity contribution in [1.82, 2.24) is 23.8 Å². The molecular formula is C22H22N6O2S. The van der Waals surface area contributed by atoms with E-state index in [1.54, 1.807) is 37.1 Å². The van der Waals surface area contributed by atoms with Gasteiger partial charge < -0.3 is 9.88 Å². The Morgan fingerprint density at radius 2 is 1.97 bits per heavy atom. The van der Waals surface area contributed by atoms with Crippen LogP contribution in [-0.2, 0) is 30.0 Å². The third-order valence-corrected chi connectivity index (χ3v) is 7.37. The first-order valence-corrected chi connectivity index (χ1v) is 11.4. The van der Waals surface area contributed by atoms with Crippen molar-refractivity contribution >= 4 is 32.4 Å². The van der Waals surface area contributed by atoms with Gasteiger partial charge in [-0.15, -0.1) is 0 Å². The molecule has 1 aromatic carbocycles. The Labute approximate surface area is 180 Å². The Bertz CT molecular complexity index is 1380. The zero-order valence-electron chi connectivity index (χ0n) is 17.3. The maximum absolute atomic E-state index is 13.1. The van der Waals surface area contributed by atoms with Crippen LogP contribution in [0.2, 0.25) is 0 Å². The second-order valence-corrected chi connectivity index (χ2v) is 9.55. The minimum Gasteiger partial charge on any atom is -0.339 e. The van der Waals surface area contributed by atoms with Gasteiger partial charge in [-0.3, -0.25) is 4.98 Å². The molecule has 0 fully saturated rings. The zero-order valence-corrected chi connectivity index (χ0v) is 18.1. The predicted octanol–water partition coefficient (Wildman–Crippen LogP) is 3.16. The molecule has 0 unspecified atom stereocenters. The molecule has 0 atom stereocenters. The summed E-state index contributed by atoms with van der Waals surface area (Å²) in [6.07, 6.45) is 5.62. The summed E-state index contributed by atoms with van der Waals surface area (Å²) in [5, 5.41) is 4.49. The van der Waals surface area contributed by atoms with Gasteiger partial charge in [-0.2, -0.15) is 4.31 Å². The van der Waals surface area contributed by atoms with Gasteiger partial charge >= 0.3 is 0 Å². The Hall–Kier alpha value is -3.30. The van der Waals surface area contributed by atoms with Crippen LogP contribution < -0.4 is 5.32 Å². The van der Waals surface area contributed by atoms with E-state index in [0.29, 0.717) is 25.3 Å². The van der Waals surface area contributed by atoms with Crippen LogP contribution in [0.3, 0.4) is 0 Å². The number of imidazole rings is 1. The molecule has 9 heteroatoms. The Kier molecular flexibility index (Phi) is 4.71. The molecule has 0 aliphatic carbocycles. The molecule has 0 amide bonds. The Morgan fingerprint density at radius 1 is 1.13 bits per heavy atom. The van der Waals surface area contributed by atoms with Crippen LogP contribution in [0.15, 0.2) is 60.0 Å². The zero-order chi connectivity index (χ0) is 21.6. The van der Waals surface area contributed by atoms with E-state index in [0.717, 1.165) is 33.5 Å². The summed E-state index contributed by atoms with van der Waals surface area (Å²) in [4.78, 5) is 13.2. The number of aryl methyl sites for hydroxylation is 2. The number of hydrogen-bond donors (Lipinski definition) is 1. The van der Waals surface area contributed by atoms with Gasteiger partial charge in [0.05, 0.1) is 17.4 Å². The first kappa shape index (κ1) is 19.7. The number of benzene rings is 1. The number of aromatic nitrogens is 4. The summed E-state index contributed by atoms with van der Waals surface area (Å²) in [6.45, 7) is 2.46. The lowest BCUT2D eigenvalue weighted by Gasteiger charge is -2.28. The molecule has 0 radical (unpaired) electrons. The summed E-state index contributed by atoms with van der Waals surface area (Å²) in [5.74, 6) is 1.40. The number of anilines is 2. The molecule has 0 bridgehead atoms. The minimum atomic E-state index is -3.65. The molecular weight excluding hydrogens is 412 g/mol. The number of pyridine rings is 2. The molecule has 0 saturated carbocycles. The van der Waals surface area contributed by atoms with E-state index < -0.39 is 10.0 Å². The lowest BCUT2D eigenvalue weighted by atomic mass is 10.0. The molecule has 4 heterocycles. The molecule has 1 aliphatic rings. The van der Waals surface area contributed by atoms with Gasteiger partial charge in [0.15, 0.2) is 5.03 Å². The summed E-state index contributed by atoms with van der Waals surface area (Å²) < 4.78 is 29.3. The lowest BCUT2D eigenvalue weighted by Crippen LogP contribution is -2.36. The molecule has 1 aliphatic heterocycles. The highest BCUT2D eigenvalue weighted by Crippen LogP contribution is 2.30. The van der Waals surface area contributed by atoms with Gasteiger partial charge in [-0.05, 0) is 37.1 Å². The number of fused-ring (bicyclic) bond motifs is 2. The topological polar surface area (TPSA) is 93.0 Å². The molecule has 0 saturated heterocycles. The SMILES string of the molecule is Cc1nc(S(=O)(=O)N2CCc3c(ccnc3Nc3cnc4ccccc4c3)C2)cn1C. The van der Waals surface area contributed by atoms with Gasteiger partial charge in [-0.1, -0.05) is 18.2 Å².